The number of nitrogens with one attached hydrogen (secondary N) is 2. The molecule has 1 aromatic heterocycles. The summed E-state index contributed by atoms with van der Waals surface area (Å²) in [5, 5.41) is 3.53. The molecule has 0 saturated heterocycles. The van der Waals surface area contributed by atoms with Gasteiger partial charge in [0.05, 0.1) is 5.75 Å². The summed E-state index contributed by atoms with van der Waals surface area (Å²) in [6, 6.07) is 13.0. The lowest BCUT2D eigenvalue weighted by molar-refractivity contribution is 0.337. The van der Waals surface area contributed by atoms with E-state index in [1.807, 2.05) is 12.3 Å². The van der Waals surface area contributed by atoms with Crippen molar-refractivity contribution in [3.63, 3.8) is 0 Å². The Hall–Kier alpha value is -1.92. The lowest BCUT2D eigenvalue weighted by Crippen LogP contribution is -2.34. The summed E-state index contributed by atoms with van der Waals surface area (Å²) in [5.41, 5.74) is 3.55. The van der Waals surface area contributed by atoms with Crippen LogP contribution in [0.3, 0.4) is 0 Å². The second kappa shape index (κ2) is 8.85. The normalized spacial score (nSPS) is 20.4. The van der Waals surface area contributed by atoms with E-state index in [4.69, 9.17) is 0 Å². The molecule has 0 radical (unpaired) electrons. The molecule has 1 fully saturated rings. The minimum absolute atomic E-state index is 0.147. The highest BCUT2D eigenvalue weighted by Gasteiger charge is 2.22. The molecule has 0 atom stereocenters. The first-order chi connectivity index (χ1) is 12.9. The van der Waals surface area contributed by atoms with Gasteiger partial charge in [-0.15, -0.1) is 0 Å². The van der Waals surface area contributed by atoms with Gasteiger partial charge < -0.3 is 5.32 Å². The number of benzene rings is 1. The van der Waals surface area contributed by atoms with E-state index < -0.39 is 10.0 Å². The molecule has 0 bridgehead atoms. The van der Waals surface area contributed by atoms with Gasteiger partial charge >= 0.3 is 0 Å². The maximum Gasteiger partial charge on any atom is 0.211 e. The average Bonchev–Trinajstić information content (AvgIpc) is 2.68. The standard InChI is InChI=1S/C21H29N3O2S/c1-3-27(25,26)23-14-17-7-10-20(11-8-17)24-21-12-9-19(15-22-21)18-6-4-5-16(2)13-18/h4-6,9,12-13,15,17,20,23H,3,7-8,10-11,14H2,1-2H3,(H,22,24)/t17-,20-. The largest absolute Gasteiger partial charge is 0.367 e. The van der Waals surface area contributed by atoms with Crippen LogP contribution in [-0.2, 0) is 10.0 Å². The maximum absolute atomic E-state index is 11.6. The van der Waals surface area contributed by atoms with E-state index in [-0.39, 0.29) is 5.75 Å². The van der Waals surface area contributed by atoms with Crippen LogP contribution in [-0.4, -0.2) is 31.7 Å². The maximum atomic E-state index is 11.6. The van der Waals surface area contributed by atoms with Crippen molar-refractivity contribution in [2.24, 2.45) is 5.92 Å². The van der Waals surface area contributed by atoms with E-state index in [2.05, 4.69) is 52.3 Å². The summed E-state index contributed by atoms with van der Waals surface area (Å²) in [5.74, 6) is 1.48. The van der Waals surface area contributed by atoms with Gasteiger partial charge in [-0.1, -0.05) is 29.8 Å². The van der Waals surface area contributed by atoms with Crippen molar-refractivity contribution in [2.45, 2.75) is 45.6 Å². The van der Waals surface area contributed by atoms with Crippen LogP contribution < -0.4 is 10.0 Å². The van der Waals surface area contributed by atoms with E-state index >= 15 is 0 Å². The molecule has 2 aromatic rings. The molecule has 2 N–H and O–H groups in total. The highest BCUT2D eigenvalue weighted by Crippen LogP contribution is 2.27. The fourth-order valence-electron chi connectivity index (χ4n) is 3.54. The Balaban J connectivity index is 1.49. The van der Waals surface area contributed by atoms with Gasteiger partial charge in [0.2, 0.25) is 10.0 Å². The number of sulfonamides is 1. The van der Waals surface area contributed by atoms with E-state index in [0.717, 1.165) is 37.1 Å². The summed E-state index contributed by atoms with van der Waals surface area (Å²) < 4.78 is 25.8. The third-order valence-electron chi connectivity index (χ3n) is 5.29. The summed E-state index contributed by atoms with van der Waals surface area (Å²) in [4.78, 5) is 4.57. The Kier molecular flexibility index (Phi) is 6.50. The summed E-state index contributed by atoms with van der Waals surface area (Å²) in [7, 11) is -3.09. The molecule has 1 aromatic carbocycles. The number of pyridine rings is 1. The van der Waals surface area contributed by atoms with Crippen LogP contribution in [0.15, 0.2) is 42.6 Å². The van der Waals surface area contributed by atoms with Crippen molar-refractivity contribution < 1.29 is 8.42 Å². The molecule has 1 aliphatic carbocycles. The van der Waals surface area contributed by atoms with Gasteiger partial charge in [-0.3, -0.25) is 0 Å². The lowest BCUT2D eigenvalue weighted by Gasteiger charge is -2.29. The monoisotopic (exact) mass is 387 g/mol. The van der Waals surface area contributed by atoms with Crippen LogP contribution in [0.25, 0.3) is 11.1 Å². The molecule has 5 nitrogen and oxygen atoms in total. The number of aryl methyl sites for hydroxylation is 1. The molecular formula is C21H29N3O2S. The first-order valence-electron chi connectivity index (χ1n) is 9.72. The fourth-order valence-corrected chi connectivity index (χ4v) is 4.24. The van der Waals surface area contributed by atoms with Crippen LogP contribution in [0.5, 0.6) is 0 Å². The van der Waals surface area contributed by atoms with Gasteiger partial charge in [-0.05, 0) is 63.1 Å². The first-order valence-corrected chi connectivity index (χ1v) is 11.4. The van der Waals surface area contributed by atoms with E-state index in [1.54, 1.807) is 6.92 Å². The SMILES string of the molecule is CCS(=O)(=O)NC[C@H]1CC[C@H](Nc2ccc(-c3cccc(C)c3)cn2)CC1. The Morgan fingerprint density at radius 1 is 1.07 bits per heavy atom. The number of aromatic nitrogens is 1. The van der Waals surface area contributed by atoms with E-state index in [0.29, 0.717) is 18.5 Å². The van der Waals surface area contributed by atoms with E-state index in [1.165, 1.54) is 11.1 Å². The van der Waals surface area contributed by atoms with Crippen LogP contribution in [0.1, 0.15) is 38.2 Å². The predicted octanol–water partition coefficient (Wildman–Crippen LogP) is 3.97. The fraction of sp³-hybridized carbons (Fsp3) is 0.476. The summed E-state index contributed by atoms with van der Waals surface area (Å²) >= 11 is 0. The molecule has 1 aliphatic rings. The lowest BCUT2D eigenvalue weighted by atomic mass is 9.86. The molecule has 0 aliphatic heterocycles. The molecule has 1 heterocycles. The average molecular weight is 388 g/mol. The minimum Gasteiger partial charge on any atom is -0.367 e. The highest BCUT2D eigenvalue weighted by atomic mass is 32.2. The molecule has 3 rings (SSSR count). The zero-order chi connectivity index (χ0) is 19.3. The highest BCUT2D eigenvalue weighted by molar-refractivity contribution is 7.89. The molecule has 0 amide bonds. The number of hydrogen-bond acceptors (Lipinski definition) is 4. The van der Waals surface area contributed by atoms with Crippen molar-refractivity contribution in [3.8, 4) is 11.1 Å². The Bertz CT molecular complexity index is 842. The molecule has 6 heteroatoms. The smallest absolute Gasteiger partial charge is 0.211 e. The second-order valence-corrected chi connectivity index (χ2v) is 9.51. The van der Waals surface area contributed by atoms with Crippen LogP contribution in [0.4, 0.5) is 5.82 Å². The van der Waals surface area contributed by atoms with Crippen molar-refractivity contribution in [1.29, 1.82) is 0 Å². The molecule has 27 heavy (non-hydrogen) atoms. The van der Waals surface area contributed by atoms with Crippen molar-refractivity contribution >= 4 is 15.8 Å². The predicted molar refractivity (Wildman–Crippen MR) is 111 cm³/mol. The molecule has 0 unspecified atom stereocenters. The Morgan fingerprint density at radius 2 is 1.85 bits per heavy atom. The number of nitrogens with zero attached hydrogens (tertiary/aromatic N) is 1. The molecule has 1 saturated carbocycles. The third-order valence-corrected chi connectivity index (χ3v) is 6.65. The molecular weight excluding hydrogens is 358 g/mol. The Morgan fingerprint density at radius 3 is 2.48 bits per heavy atom. The van der Waals surface area contributed by atoms with Crippen LogP contribution >= 0.6 is 0 Å². The zero-order valence-electron chi connectivity index (χ0n) is 16.1. The van der Waals surface area contributed by atoms with E-state index in [9.17, 15) is 8.42 Å². The van der Waals surface area contributed by atoms with Crippen molar-refractivity contribution in [3.05, 3.63) is 48.2 Å². The van der Waals surface area contributed by atoms with Gasteiger partial charge in [-0.2, -0.15) is 0 Å². The molecule has 0 spiro atoms. The Labute approximate surface area is 162 Å². The van der Waals surface area contributed by atoms with Crippen LogP contribution in [0, 0.1) is 12.8 Å². The van der Waals surface area contributed by atoms with Gasteiger partial charge in [-0.25, -0.2) is 18.1 Å². The number of anilines is 1. The topological polar surface area (TPSA) is 71.1 Å². The quantitative estimate of drug-likeness (QED) is 0.754. The van der Waals surface area contributed by atoms with Crippen LogP contribution in [0.2, 0.25) is 0 Å². The third kappa shape index (κ3) is 5.78. The van der Waals surface area contributed by atoms with Gasteiger partial charge in [0, 0.05) is 24.3 Å². The zero-order valence-corrected chi connectivity index (χ0v) is 16.9. The second-order valence-electron chi connectivity index (χ2n) is 7.42. The van der Waals surface area contributed by atoms with Gasteiger partial charge in [0.15, 0.2) is 0 Å². The summed E-state index contributed by atoms with van der Waals surface area (Å²) in [6.45, 7) is 4.32. The van der Waals surface area contributed by atoms with Gasteiger partial charge in [0.25, 0.3) is 0 Å². The number of rotatable bonds is 7. The van der Waals surface area contributed by atoms with Gasteiger partial charge in [0.1, 0.15) is 5.82 Å². The first kappa shape index (κ1) is 19.8. The van der Waals surface area contributed by atoms with Crippen molar-refractivity contribution in [2.75, 3.05) is 17.6 Å². The number of hydrogen-bond donors (Lipinski definition) is 2. The minimum atomic E-state index is -3.09. The van der Waals surface area contributed by atoms with Crippen molar-refractivity contribution in [1.82, 2.24) is 9.71 Å². The molecule has 146 valence electrons. The summed E-state index contributed by atoms with van der Waals surface area (Å²) in [6.07, 6.45) is 6.07.